The van der Waals surface area contributed by atoms with Gasteiger partial charge in [0.15, 0.2) is 11.5 Å². The Balaban J connectivity index is 1.49. The van der Waals surface area contributed by atoms with Crippen molar-refractivity contribution in [3.05, 3.63) is 53.6 Å². The smallest absolute Gasteiger partial charge is 0.231 e. The van der Waals surface area contributed by atoms with E-state index in [1.807, 2.05) is 49.4 Å². The zero-order chi connectivity index (χ0) is 21.1. The van der Waals surface area contributed by atoms with E-state index in [1.165, 1.54) is 0 Å². The van der Waals surface area contributed by atoms with E-state index in [0.29, 0.717) is 37.6 Å². The second kappa shape index (κ2) is 8.65. The van der Waals surface area contributed by atoms with Gasteiger partial charge in [-0.25, -0.2) is 0 Å². The van der Waals surface area contributed by atoms with Crippen molar-refractivity contribution >= 4 is 11.8 Å². The monoisotopic (exact) mass is 410 g/mol. The number of benzene rings is 2. The first-order valence-corrected chi connectivity index (χ1v) is 10.2. The summed E-state index contributed by atoms with van der Waals surface area (Å²) in [6.07, 6.45) is 0.427. The normalized spacial score (nSPS) is 19.6. The van der Waals surface area contributed by atoms with E-state index < -0.39 is 0 Å². The first-order chi connectivity index (χ1) is 14.6. The zero-order valence-electron chi connectivity index (χ0n) is 17.2. The number of rotatable bonds is 6. The van der Waals surface area contributed by atoms with Crippen LogP contribution < -0.4 is 19.5 Å². The number of nitrogens with one attached hydrogen (secondary N) is 1. The molecule has 30 heavy (non-hydrogen) atoms. The maximum absolute atomic E-state index is 13.1. The maximum atomic E-state index is 13.1. The van der Waals surface area contributed by atoms with E-state index >= 15 is 0 Å². The summed E-state index contributed by atoms with van der Waals surface area (Å²) in [7, 11) is 1.62. The molecule has 0 saturated carbocycles. The van der Waals surface area contributed by atoms with Gasteiger partial charge in [-0.3, -0.25) is 9.59 Å². The van der Waals surface area contributed by atoms with E-state index in [0.717, 1.165) is 16.9 Å². The summed E-state index contributed by atoms with van der Waals surface area (Å²) in [5.41, 5.74) is 1.94. The molecular formula is C23H26N2O5. The van der Waals surface area contributed by atoms with Crippen molar-refractivity contribution in [1.82, 2.24) is 10.2 Å². The highest BCUT2D eigenvalue weighted by Gasteiger charge is 2.40. The Morgan fingerprint density at radius 1 is 1.13 bits per heavy atom. The Hall–Kier alpha value is -3.22. The molecule has 1 saturated heterocycles. The molecule has 2 amide bonds. The lowest BCUT2D eigenvalue weighted by molar-refractivity contribution is -0.130. The fourth-order valence-corrected chi connectivity index (χ4v) is 4.08. The lowest BCUT2D eigenvalue weighted by Crippen LogP contribution is -2.35. The third kappa shape index (κ3) is 4.06. The summed E-state index contributed by atoms with van der Waals surface area (Å²) in [6.45, 7) is 3.40. The number of hydrogen-bond donors (Lipinski definition) is 1. The standard InChI is InChI=1S/C23H26N2O5/c1-3-22(26)25-12-18(16-5-4-6-17(10-16)28-2)19(13-25)23(27)24-11-15-7-8-20-21(9-15)30-14-29-20/h4-10,18-19H,3,11-14H2,1-2H3,(H,24,27). The lowest BCUT2D eigenvalue weighted by Gasteiger charge is -2.19. The van der Waals surface area contributed by atoms with E-state index in [1.54, 1.807) is 12.0 Å². The van der Waals surface area contributed by atoms with Crippen molar-refractivity contribution in [3.8, 4) is 17.2 Å². The first-order valence-electron chi connectivity index (χ1n) is 10.2. The van der Waals surface area contributed by atoms with Crippen molar-refractivity contribution in [2.24, 2.45) is 5.92 Å². The second-order valence-electron chi connectivity index (χ2n) is 7.55. The molecule has 2 aliphatic heterocycles. The largest absolute Gasteiger partial charge is 0.497 e. The maximum Gasteiger partial charge on any atom is 0.231 e. The van der Waals surface area contributed by atoms with Gasteiger partial charge in [0.2, 0.25) is 18.6 Å². The van der Waals surface area contributed by atoms with Crippen molar-refractivity contribution < 1.29 is 23.8 Å². The SMILES string of the molecule is CCC(=O)N1CC(C(=O)NCc2ccc3c(c2)OCO3)C(c2cccc(OC)c2)C1. The van der Waals surface area contributed by atoms with Crippen molar-refractivity contribution in [2.45, 2.75) is 25.8 Å². The van der Waals surface area contributed by atoms with Crippen LogP contribution in [0.1, 0.15) is 30.4 Å². The first kappa shape index (κ1) is 20.1. The Bertz CT molecular complexity index is 945. The molecule has 2 aromatic carbocycles. The molecule has 7 nitrogen and oxygen atoms in total. The molecule has 2 unspecified atom stereocenters. The van der Waals surface area contributed by atoms with Gasteiger partial charge >= 0.3 is 0 Å². The molecule has 158 valence electrons. The van der Waals surface area contributed by atoms with Crippen molar-refractivity contribution in [3.63, 3.8) is 0 Å². The summed E-state index contributed by atoms with van der Waals surface area (Å²) in [6, 6.07) is 13.4. The van der Waals surface area contributed by atoms with Crippen LogP contribution in [-0.4, -0.2) is 43.7 Å². The van der Waals surface area contributed by atoms with Crippen LogP contribution in [0.15, 0.2) is 42.5 Å². The highest BCUT2D eigenvalue weighted by molar-refractivity contribution is 5.83. The lowest BCUT2D eigenvalue weighted by atomic mass is 9.88. The number of likely N-dealkylation sites (tertiary alicyclic amines) is 1. The number of nitrogens with zero attached hydrogens (tertiary/aromatic N) is 1. The molecule has 1 fully saturated rings. The van der Waals surface area contributed by atoms with E-state index in [9.17, 15) is 9.59 Å². The average molecular weight is 410 g/mol. The Labute approximate surface area is 175 Å². The Morgan fingerprint density at radius 3 is 2.77 bits per heavy atom. The second-order valence-corrected chi connectivity index (χ2v) is 7.55. The zero-order valence-corrected chi connectivity index (χ0v) is 17.2. The van der Waals surface area contributed by atoms with Gasteiger partial charge in [0.25, 0.3) is 0 Å². The van der Waals surface area contributed by atoms with Crippen molar-refractivity contribution in [2.75, 3.05) is 27.0 Å². The fourth-order valence-electron chi connectivity index (χ4n) is 4.08. The number of methoxy groups -OCH3 is 1. The quantitative estimate of drug-likeness (QED) is 0.792. The summed E-state index contributed by atoms with van der Waals surface area (Å²) in [4.78, 5) is 27.2. The van der Waals surface area contributed by atoms with Gasteiger partial charge in [-0.05, 0) is 35.4 Å². The van der Waals surface area contributed by atoms with Gasteiger partial charge in [0, 0.05) is 32.0 Å². The van der Waals surface area contributed by atoms with Crippen LogP contribution in [0.25, 0.3) is 0 Å². The van der Waals surface area contributed by atoms with Crippen LogP contribution in [0.4, 0.5) is 0 Å². The summed E-state index contributed by atoms with van der Waals surface area (Å²) in [5, 5.41) is 3.03. The molecule has 0 aliphatic carbocycles. The third-order valence-corrected chi connectivity index (χ3v) is 5.74. The van der Waals surface area contributed by atoms with Crippen LogP contribution in [0.2, 0.25) is 0 Å². The topological polar surface area (TPSA) is 77.1 Å². The van der Waals surface area contributed by atoms with Gasteiger partial charge < -0.3 is 24.4 Å². The van der Waals surface area contributed by atoms with Gasteiger partial charge in [-0.15, -0.1) is 0 Å². The predicted octanol–water partition coefficient (Wildman–Crippen LogP) is 2.69. The summed E-state index contributed by atoms with van der Waals surface area (Å²) >= 11 is 0. The highest BCUT2D eigenvalue weighted by atomic mass is 16.7. The van der Waals surface area contributed by atoms with Crippen LogP contribution in [0.5, 0.6) is 17.2 Å². The van der Waals surface area contributed by atoms with Crippen LogP contribution in [0.3, 0.4) is 0 Å². The number of amides is 2. The Morgan fingerprint density at radius 2 is 1.97 bits per heavy atom. The van der Waals surface area contributed by atoms with Crippen LogP contribution >= 0.6 is 0 Å². The number of fused-ring (bicyclic) bond motifs is 1. The molecule has 7 heteroatoms. The minimum atomic E-state index is -0.318. The fraction of sp³-hybridized carbons (Fsp3) is 0.391. The number of hydrogen-bond acceptors (Lipinski definition) is 5. The number of ether oxygens (including phenoxy) is 3. The molecule has 0 radical (unpaired) electrons. The molecule has 4 rings (SSSR count). The van der Waals surface area contributed by atoms with Gasteiger partial charge in [0.05, 0.1) is 13.0 Å². The molecular weight excluding hydrogens is 384 g/mol. The average Bonchev–Trinajstić information content (AvgIpc) is 3.44. The summed E-state index contributed by atoms with van der Waals surface area (Å²) < 4.78 is 16.1. The van der Waals surface area contributed by atoms with Gasteiger partial charge in [0.1, 0.15) is 5.75 Å². The molecule has 0 aromatic heterocycles. The van der Waals surface area contributed by atoms with E-state index in [-0.39, 0.29) is 30.4 Å². The minimum Gasteiger partial charge on any atom is -0.497 e. The molecule has 2 aliphatic rings. The number of carbonyl (C=O) groups is 2. The highest BCUT2D eigenvalue weighted by Crippen LogP contribution is 2.35. The molecule has 2 aromatic rings. The molecule has 2 atom stereocenters. The minimum absolute atomic E-state index is 0.0631. The van der Waals surface area contributed by atoms with Crippen LogP contribution in [0, 0.1) is 5.92 Å². The van der Waals surface area contributed by atoms with Crippen molar-refractivity contribution in [1.29, 1.82) is 0 Å². The molecule has 0 spiro atoms. The third-order valence-electron chi connectivity index (χ3n) is 5.74. The predicted molar refractivity (Wildman–Crippen MR) is 111 cm³/mol. The summed E-state index contributed by atoms with van der Waals surface area (Å²) in [5.74, 6) is 1.76. The molecule has 1 N–H and O–H groups in total. The van der Waals surface area contributed by atoms with Crippen LogP contribution in [-0.2, 0) is 16.1 Å². The molecule has 2 heterocycles. The molecule has 0 bridgehead atoms. The van der Waals surface area contributed by atoms with Gasteiger partial charge in [-0.2, -0.15) is 0 Å². The number of carbonyl (C=O) groups excluding carboxylic acids is 2. The Kier molecular flexibility index (Phi) is 5.79. The van der Waals surface area contributed by atoms with E-state index in [4.69, 9.17) is 14.2 Å². The van der Waals surface area contributed by atoms with E-state index in [2.05, 4.69) is 5.32 Å². The van der Waals surface area contributed by atoms with Gasteiger partial charge in [-0.1, -0.05) is 25.1 Å².